The number of nitrogens with zero attached hydrogens (tertiary/aromatic N) is 3. The van der Waals surface area contributed by atoms with E-state index in [-0.39, 0.29) is 16.5 Å². The van der Waals surface area contributed by atoms with Crippen molar-refractivity contribution in [2.24, 2.45) is 0 Å². The molecule has 2 aromatic carbocycles. The van der Waals surface area contributed by atoms with Crippen molar-refractivity contribution in [2.75, 3.05) is 52.2 Å². The topological polar surface area (TPSA) is 163 Å². The number of amides is 3. The van der Waals surface area contributed by atoms with E-state index in [0.717, 1.165) is 36.9 Å². The summed E-state index contributed by atoms with van der Waals surface area (Å²) in [5.74, 6) is -0.426. The number of H-pyrrole nitrogens is 1. The van der Waals surface area contributed by atoms with E-state index in [4.69, 9.17) is 9.79 Å². The van der Waals surface area contributed by atoms with E-state index in [1.165, 1.54) is 50.7 Å². The minimum Gasteiger partial charge on any atom is -0.354 e. The van der Waals surface area contributed by atoms with Crippen molar-refractivity contribution < 1.29 is 42.3 Å². The van der Waals surface area contributed by atoms with Gasteiger partial charge in [0, 0.05) is 55.8 Å². The Bertz CT molecular complexity index is 1530. The van der Waals surface area contributed by atoms with Gasteiger partial charge in [0.2, 0.25) is 12.8 Å². The third-order valence-electron chi connectivity index (χ3n) is 7.52. The number of carbonyl (C=O) groups is 4. The number of nitrogens with one attached hydrogen (secondary N) is 2. The SMILES string of the molecule is CC.CC.CCN(C=O)CCC=O.CN(C=O)c1ccc(C(C)(C)C)cc1.CN1CCCC1.CNC(=O)c1cc2cc(C(F)(F)P(=O)(O)O)ccc2[nH]1. The molecule has 4 N–H and O–H groups in total. The fourth-order valence-electron chi connectivity index (χ4n) is 4.38. The summed E-state index contributed by atoms with van der Waals surface area (Å²) < 4.78 is 38.0. The van der Waals surface area contributed by atoms with E-state index in [0.29, 0.717) is 25.0 Å². The molecule has 0 unspecified atom stereocenters. The molecule has 0 radical (unpaired) electrons. The molecule has 53 heavy (non-hydrogen) atoms. The van der Waals surface area contributed by atoms with Crippen molar-refractivity contribution in [3.63, 3.8) is 0 Å². The third kappa shape index (κ3) is 18.1. The Morgan fingerprint density at radius 3 is 1.85 bits per heavy atom. The summed E-state index contributed by atoms with van der Waals surface area (Å²) in [6, 6.07) is 12.5. The first kappa shape index (κ1) is 51.1. The van der Waals surface area contributed by atoms with E-state index >= 15 is 0 Å². The highest BCUT2D eigenvalue weighted by Gasteiger charge is 2.50. The molecule has 3 aromatic rings. The normalized spacial score (nSPS) is 12.3. The Hall–Kier alpha value is -3.97. The van der Waals surface area contributed by atoms with Gasteiger partial charge in [-0.25, -0.2) is 0 Å². The maximum Gasteiger partial charge on any atom is 0.399 e. The van der Waals surface area contributed by atoms with Gasteiger partial charge in [-0.1, -0.05) is 66.7 Å². The number of aldehydes is 1. The monoisotopic (exact) mass is 769 g/mol. The maximum absolute atomic E-state index is 13.6. The van der Waals surface area contributed by atoms with Crippen LogP contribution in [-0.2, 0) is 30.0 Å². The maximum atomic E-state index is 13.6. The van der Waals surface area contributed by atoms with Crippen molar-refractivity contribution >= 4 is 49.2 Å². The molecule has 1 aliphatic heterocycles. The summed E-state index contributed by atoms with van der Waals surface area (Å²) in [6.07, 6.45) is 5.64. The van der Waals surface area contributed by atoms with Gasteiger partial charge in [0.05, 0.1) is 0 Å². The Morgan fingerprint density at radius 1 is 0.943 bits per heavy atom. The molecular formula is C38H62F2N5O7P. The van der Waals surface area contributed by atoms with Gasteiger partial charge in [0.25, 0.3) is 5.91 Å². The highest BCUT2D eigenvalue weighted by molar-refractivity contribution is 7.52. The van der Waals surface area contributed by atoms with E-state index < -0.39 is 24.7 Å². The zero-order valence-electron chi connectivity index (χ0n) is 33.3. The van der Waals surface area contributed by atoms with Crippen LogP contribution in [0.25, 0.3) is 10.9 Å². The molecule has 1 saturated heterocycles. The molecule has 0 spiro atoms. The van der Waals surface area contributed by atoms with Crippen molar-refractivity contribution in [3.8, 4) is 0 Å². The molecule has 1 fully saturated rings. The van der Waals surface area contributed by atoms with Crippen LogP contribution in [0.2, 0.25) is 0 Å². The van der Waals surface area contributed by atoms with Gasteiger partial charge in [0.1, 0.15) is 12.0 Å². The largest absolute Gasteiger partial charge is 0.399 e. The second-order valence-electron chi connectivity index (χ2n) is 12.4. The number of hydrogen-bond acceptors (Lipinski definition) is 6. The predicted molar refractivity (Wildman–Crippen MR) is 211 cm³/mol. The summed E-state index contributed by atoms with van der Waals surface area (Å²) in [5.41, 5.74) is -2.13. The average molecular weight is 770 g/mol. The average Bonchev–Trinajstić information content (AvgIpc) is 3.82. The smallest absolute Gasteiger partial charge is 0.354 e. The summed E-state index contributed by atoms with van der Waals surface area (Å²) in [4.78, 5) is 67.3. The van der Waals surface area contributed by atoms with Gasteiger partial charge in [-0.2, -0.15) is 8.78 Å². The molecule has 300 valence electrons. The number of anilines is 1. The minimum absolute atomic E-state index is 0.165. The lowest BCUT2D eigenvalue weighted by atomic mass is 9.87. The number of benzene rings is 2. The first-order chi connectivity index (χ1) is 24.9. The van der Waals surface area contributed by atoms with Crippen LogP contribution >= 0.6 is 7.60 Å². The molecule has 0 atom stereocenters. The van der Waals surface area contributed by atoms with Crippen LogP contribution in [0, 0.1) is 0 Å². The lowest BCUT2D eigenvalue weighted by molar-refractivity contribution is -0.118. The summed E-state index contributed by atoms with van der Waals surface area (Å²) in [6.45, 7) is 20.3. The van der Waals surface area contributed by atoms with Crippen molar-refractivity contribution in [2.45, 2.75) is 85.7 Å². The van der Waals surface area contributed by atoms with Crippen LogP contribution in [0.4, 0.5) is 14.5 Å². The van der Waals surface area contributed by atoms with Crippen LogP contribution in [-0.4, -0.2) is 96.9 Å². The number of halogens is 2. The lowest BCUT2D eigenvalue weighted by Crippen LogP contribution is -2.22. The molecule has 15 heteroatoms. The first-order valence-corrected chi connectivity index (χ1v) is 19.4. The Balaban J connectivity index is 0. The predicted octanol–water partition coefficient (Wildman–Crippen LogP) is 7.15. The summed E-state index contributed by atoms with van der Waals surface area (Å²) in [7, 11) is -0.269. The second-order valence-corrected chi connectivity index (χ2v) is 14.0. The molecule has 2 heterocycles. The standard InChI is InChI=1S/C12H17NO.C11H11F2N2O4P.C6H11NO2.C5H11N.2C2H6/c1-12(2,3)10-5-7-11(8-6-10)13(4)9-14;1-14-10(16)9-5-6-4-7(2-3-8(6)15-9)11(12,13)20(17,18)19;1-2-7(6-9)4-3-5-8;1-6-4-2-3-5-6;2*1-2/h5-9H,1-4H3;2-5,15H,1H3,(H,14,16)(H2,17,18,19);5-6H,2-4H2,1H3;2-5H2,1H3;2*1-2H3. The van der Waals surface area contributed by atoms with Gasteiger partial charge in [-0.15, -0.1) is 0 Å². The van der Waals surface area contributed by atoms with Crippen molar-refractivity contribution in [3.05, 3.63) is 65.4 Å². The summed E-state index contributed by atoms with van der Waals surface area (Å²) >= 11 is 0. The van der Waals surface area contributed by atoms with E-state index in [2.05, 4.69) is 55.2 Å². The molecule has 0 bridgehead atoms. The molecule has 0 aliphatic carbocycles. The van der Waals surface area contributed by atoms with Crippen molar-refractivity contribution in [1.82, 2.24) is 20.1 Å². The van der Waals surface area contributed by atoms with Crippen LogP contribution < -0.4 is 10.2 Å². The number of carbonyl (C=O) groups excluding carboxylic acids is 4. The number of rotatable bonds is 10. The molecular weight excluding hydrogens is 707 g/mol. The van der Waals surface area contributed by atoms with E-state index in [9.17, 15) is 32.5 Å². The van der Waals surface area contributed by atoms with E-state index in [1.54, 1.807) is 16.8 Å². The molecule has 1 aliphatic rings. The van der Waals surface area contributed by atoms with Crippen LogP contribution in [0.5, 0.6) is 0 Å². The quantitative estimate of drug-likeness (QED) is 0.125. The molecule has 0 saturated carbocycles. The van der Waals surface area contributed by atoms with Gasteiger partial charge in [0.15, 0.2) is 0 Å². The molecule has 3 amide bonds. The number of likely N-dealkylation sites (tertiary alicyclic amines) is 1. The van der Waals surface area contributed by atoms with Gasteiger partial charge in [-0.3, -0.25) is 18.9 Å². The number of hydrogen-bond donors (Lipinski definition) is 4. The lowest BCUT2D eigenvalue weighted by Gasteiger charge is -2.20. The zero-order chi connectivity index (χ0) is 41.4. The number of aromatic nitrogens is 1. The number of alkyl halides is 2. The first-order valence-electron chi connectivity index (χ1n) is 17.7. The van der Waals surface area contributed by atoms with Gasteiger partial charge in [-0.05, 0) is 81.2 Å². The van der Waals surface area contributed by atoms with Gasteiger partial charge < -0.3 is 39.6 Å². The molecule has 1 aromatic heterocycles. The number of aromatic amines is 1. The Morgan fingerprint density at radius 2 is 1.47 bits per heavy atom. The third-order valence-corrected chi connectivity index (χ3v) is 8.51. The fraction of sp³-hybridized carbons (Fsp3) is 0.526. The highest BCUT2D eigenvalue weighted by atomic mass is 31.2. The van der Waals surface area contributed by atoms with Crippen LogP contribution in [0.1, 0.15) is 96.3 Å². The Kier molecular flexibility index (Phi) is 25.0. The van der Waals surface area contributed by atoms with Gasteiger partial charge >= 0.3 is 13.3 Å². The minimum atomic E-state index is -5.61. The molecule has 4 rings (SSSR count). The van der Waals surface area contributed by atoms with Crippen LogP contribution in [0.3, 0.4) is 0 Å². The second kappa shape index (κ2) is 25.9. The number of fused-ring (bicyclic) bond motifs is 1. The fourth-order valence-corrected chi connectivity index (χ4v) is 4.86. The highest BCUT2D eigenvalue weighted by Crippen LogP contribution is 2.59. The Labute approximate surface area is 314 Å². The summed E-state index contributed by atoms with van der Waals surface area (Å²) in [5, 5.41) is 2.63. The van der Waals surface area contributed by atoms with Crippen LogP contribution in [0.15, 0.2) is 48.5 Å². The van der Waals surface area contributed by atoms with E-state index in [1.807, 2.05) is 46.8 Å². The molecule has 12 nitrogen and oxygen atoms in total. The zero-order valence-corrected chi connectivity index (χ0v) is 34.2. The van der Waals surface area contributed by atoms with Crippen molar-refractivity contribution in [1.29, 1.82) is 0 Å².